The van der Waals surface area contributed by atoms with Gasteiger partial charge in [-0.3, -0.25) is 4.98 Å². The average molecular weight is 300 g/mol. The number of benzene rings is 1. The third-order valence-corrected chi connectivity index (χ3v) is 3.25. The Hall–Kier alpha value is -1.91. The van der Waals surface area contributed by atoms with Crippen LogP contribution in [-0.2, 0) is 17.9 Å². The molecule has 2 rings (SSSR count). The molecule has 4 heteroatoms. The molecule has 22 heavy (non-hydrogen) atoms. The van der Waals surface area contributed by atoms with Gasteiger partial charge in [0.05, 0.1) is 0 Å². The standard InChI is InChI=1S/C18H24N2O2/c1-2-21-12-6-11-20-14-17-8-3-4-9-18(17)22-15-16-7-5-10-19-13-16/h3-5,7-10,13,20H,2,6,11-12,14-15H2,1H3. The Morgan fingerprint density at radius 3 is 2.86 bits per heavy atom. The molecule has 2 aromatic rings. The van der Waals surface area contributed by atoms with Gasteiger partial charge in [-0.05, 0) is 32.0 Å². The topological polar surface area (TPSA) is 43.4 Å². The number of nitrogens with one attached hydrogen (secondary N) is 1. The van der Waals surface area contributed by atoms with Gasteiger partial charge in [0.1, 0.15) is 12.4 Å². The van der Waals surface area contributed by atoms with Gasteiger partial charge < -0.3 is 14.8 Å². The quantitative estimate of drug-likeness (QED) is 0.684. The number of hydrogen-bond acceptors (Lipinski definition) is 4. The highest BCUT2D eigenvalue weighted by molar-refractivity contribution is 5.33. The fourth-order valence-corrected chi connectivity index (χ4v) is 2.10. The molecule has 4 nitrogen and oxygen atoms in total. The lowest BCUT2D eigenvalue weighted by Gasteiger charge is -2.12. The molecular formula is C18H24N2O2. The average Bonchev–Trinajstić information content (AvgIpc) is 2.58. The summed E-state index contributed by atoms with van der Waals surface area (Å²) in [6.45, 7) is 5.89. The highest BCUT2D eigenvalue weighted by Gasteiger charge is 2.03. The third-order valence-electron chi connectivity index (χ3n) is 3.25. The normalized spacial score (nSPS) is 10.6. The molecule has 1 heterocycles. The number of ether oxygens (including phenoxy) is 2. The number of nitrogens with zero attached hydrogens (tertiary/aromatic N) is 1. The summed E-state index contributed by atoms with van der Waals surface area (Å²) in [6.07, 6.45) is 4.62. The molecule has 0 aliphatic carbocycles. The van der Waals surface area contributed by atoms with Crippen molar-refractivity contribution in [3.63, 3.8) is 0 Å². The van der Waals surface area contributed by atoms with Gasteiger partial charge in [0.15, 0.2) is 0 Å². The molecule has 0 bridgehead atoms. The summed E-state index contributed by atoms with van der Waals surface area (Å²) in [5.74, 6) is 0.920. The molecule has 0 radical (unpaired) electrons. The largest absolute Gasteiger partial charge is 0.489 e. The molecule has 0 saturated carbocycles. The van der Waals surface area contributed by atoms with Crippen LogP contribution in [0.3, 0.4) is 0 Å². The van der Waals surface area contributed by atoms with Gasteiger partial charge >= 0.3 is 0 Å². The van der Waals surface area contributed by atoms with Crippen LogP contribution in [0.15, 0.2) is 48.8 Å². The number of para-hydroxylation sites is 1. The molecule has 0 aliphatic heterocycles. The molecule has 0 atom stereocenters. The van der Waals surface area contributed by atoms with Crippen molar-refractivity contribution >= 4 is 0 Å². The van der Waals surface area contributed by atoms with E-state index in [1.165, 1.54) is 5.56 Å². The van der Waals surface area contributed by atoms with Crippen LogP contribution in [-0.4, -0.2) is 24.7 Å². The minimum Gasteiger partial charge on any atom is -0.489 e. The number of hydrogen-bond donors (Lipinski definition) is 1. The summed E-state index contributed by atoms with van der Waals surface area (Å²) in [4.78, 5) is 4.10. The molecule has 1 N–H and O–H groups in total. The highest BCUT2D eigenvalue weighted by Crippen LogP contribution is 2.19. The van der Waals surface area contributed by atoms with Gasteiger partial charge in [0, 0.05) is 43.3 Å². The zero-order chi connectivity index (χ0) is 15.5. The summed E-state index contributed by atoms with van der Waals surface area (Å²) < 4.78 is 11.2. The van der Waals surface area contributed by atoms with Crippen LogP contribution in [0.5, 0.6) is 5.75 Å². The number of rotatable bonds is 10. The maximum absolute atomic E-state index is 5.91. The van der Waals surface area contributed by atoms with E-state index >= 15 is 0 Å². The van der Waals surface area contributed by atoms with Crippen molar-refractivity contribution in [1.82, 2.24) is 10.3 Å². The van der Waals surface area contributed by atoms with Crippen molar-refractivity contribution in [1.29, 1.82) is 0 Å². The van der Waals surface area contributed by atoms with Crippen LogP contribution in [0.1, 0.15) is 24.5 Å². The molecular weight excluding hydrogens is 276 g/mol. The van der Waals surface area contributed by atoms with Gasteiger partial charge in [-0.25, -0.2) is 0 Å². The van der Waals surface area contributed by atoms with E-state index < -0.39 is 0 Å². The van der Waals surface area contributed by atoms with Gasteiger partial charge in [-0.2, -0.15) is 0 Å². The predicted octanol–water partition coefficient (Wildman–Crippen LogP) is 3.18. The summed E-state index contributed by atoms with van der Waals surface area (Å²) in [7, 11) is 0. The van der Waals surface area contributed by atoms with Crippen molar-refractivity contribution < 1.29 is 9.47 Å². The summed E-state index contributed by atoms with van der Waals surface area (Å²) >= 11 is 0. The van der Waals surface area contributed by atoms with Gasteiger partial charge in [-0.1, -0.05) is 24.3 Å². The van der Waals surface area contributed by atoms with E-state index in [0.717, 1.165) is 44.0 Å². The molecule has 0 aliphatic rings. The van der Waals surface area contributed by atoms with Crippen molar-refractivity contribution in [2.75, 3.05) is 19.8 Å². The second kappa shape index (κ2) is 9.92. The van der Waals surface area contributed by atoms with Crippen LogP contribution in [0.25, 0.3) is 0 Å². The maximum Gasteiger partial charge on any atom is 0.124 e. The molecule has 118 valence electrons. The molecule has 1 aromatic heterocycles. The van der Waals surface area contributed by atoms with E-state index in [1.807, 2.05) is 43.5 Å². The Labute approximate surface area is 132 Å². The van der Waals surface area contributed by atoms with Crippen LogP contribution < -0.4 is 10.1 Å². The van der Waals surface area contributed by atoms with E-state index in [9.17, 15) is 0 Å². The van der Waals surface area contributed by atoms with Crippen LogP contribution in [0.4, 0.5) is 0 Å². The molecule has 0 saturated heterocycles. The number of aromatic nitrogens is 1. The zero-order valence-electron chi connectivity index (χ0n) is 13.1. The van der Waals surface area contributed by atoms with Crippen LogP contribution >= 0.6 is 0 Å². The van der Waals surface area contributed by atoms with Crippen molar-refractivity contribution in [3.8, 4) is 5.75 Å². The Morgan fingerprint density at radius 1 is 1.14 bits per heavy atom. The fraction of sp³-hybridized carbons (Fsp3) is 0.389. The summed E-state index contributed by atoms with van der Waals surface area (Å²) in [5, 5.41) is 3.43. The van der Waals surface area contributed by atoms with Crippen molar-refractivity contribution in [3.05, 3.63) is 59.9 Å². The SMILES string of the molecule is CCOCCCNCc1ccccc1OCc1cccnc1. The minimum atomic E-state index is 0.537. The number of pyridine rings is 1. The Bertz CT molecular complexity index is 532. The Morgan fingerprint density at radius 2 is 2.05 bits per heavy atom. The second-order valence-electron chi connectivity index (χ2n) is 4.98. The lowest BCUT2D eigenvalue weighted by molar-refractivity contribution is 0.144. The minimum absolute atomic E-state index is 0.537. The first-order chi connectivity index (χ1) is 10.9. The van der Waals surface area contributed by atoms with Crippen molar-refractivity contribution in [2.24, 2.45) is 0 Å². The van der Waals surface area contributed by atoms with E-state index in [-0.39, 0.29) is 0 Å². The fourth-order valence-electron chi connectivity index (χ4n) is 2.10. The smallest absolute Gasteiger partial charge is 0.124 e. The van der Waals surface area contributed by atoms with Gasteiger partial charge in [0.2, 0.25) is 0 Å². The van der Waals surface area contributed by atoms with E-state index in [0.29, 0.717) is 6.61 Å². The van der Waals surface area contributed by atoms with E-state index in [1.54, 1.807) is 6.20 Å². The molecule has 0 unspecified atom stereocenters. The Balaban J connectivity index is 1.79. The first-order valence-electron chi connectivity index (χ1n) is 7.78. The molecule has 1 aromatic carbocycles. The lowest BCUT2D eigenvalue weighted by Crippen LogP contribution is -2.17. The Kier molecular flexibility index (Phi) is 7.43. The first-order valence-corrected chi connectivity index (χ1v) is 7.78. The molecule has 0 amide bonds. The lowest BCUT2D eigenvalue weighted by atomic mass is 10.2. The van der Waals surface area contributed by atoms with Crippen molar-refractivity contribution in [2.45, 2.75) is 26.5 Å². The third kappa shape index (κ3) is 5.84. The first kappa shape index (κ1) is 16.5. The summed E-state index contributed by atoms with van der Waals surface area (Å²) in [5.41, 5.74) is 2.24. The van der Waals surface area contributed by atoms with E-state index in [4.69, 9.17) is 9.47 Å². The second-order valence-corrected chi connectivity index (χ2v) is 4.98. The van der Waals surface area contributed by atoms with Gasteiger partial charge in [-0.15, -0.1) is 0 Å². The maximum atomic E-state index is 5.91. The molecule has 0 fully saturated rings. The van der Waals surface area contributed by atoms with Crippen LogP contribution in [0.2, 0.25) is 0 Å². The van der Waals surface area contributed by atoms with E-state index in [2.05, 4.69) is 16.4 Å². The highest BCUT2D eigenvalue weighted by atomic mass is 16.5. The molecule has 0 spiro atoms. The monoisotopic (exact) mass is 300 g/mol. The predicted molar refractivity (Wildman–Crippen MR) is 87.8 cm³/mol. The zero-order valence-corrected chi connectivity index (χ0v) is 13.1. The summed E-state index contributed by atoms with van der Waals surface area (Å²) in [6, 6.07) is 12.1. The van der Waals surface area contributed by atoms with Gasteiger partial charge in [0.25, 0.3) is 0 Å². The van der Waals surface area contributed by atoms with Crippen LogP contribution in [0, 0.1) is 0 Å².